The summed E-state index contributed by atoms with van der Waals surface area (Å²) in [6.45, 7) is 8.13. The van der Waals surface area contributed by atoms with Crippen molar-refractivity contribution in [2.24, 2.45) is 0 Å². The summed E-state index contributed by atoms with van der Waals surface area (Å²) in [6, 6.07) is 28.2. The molecule has 3 nitrogen and oxygen atoms in total. The van der Waals surface area contributed by atoms with Gasteiger partial charge < -0.3 is 5.32 Å². The van der Waals surface area contributed by atoms with Gasteiger partial charge in [0, 0.05) is 23.2 Å². The second-order valence-corrected chi connectivity index (χ2v) is 9.96. The number of hydrogen-bond acceptors (Lipinski definition) is 2. The van der Waals surface area contributed by atoms with Crippen LogP contribution in [0.25, 0.3) is 54.8 Å². The normalized spacial score (nSPS) is 12.4. The molecular formula is C36H24F2IrN3. The van der Waals surface area contributed by atoms with Crippen molar-refractivity contribution in [3.8, 4) is 11.4 Å². The molecular weight excluding hydrogens is 705 g/mol. The van der Waals surface area contributed by atoms with Crippen molar-refractivity contribution in [2.45, 2.75) is 13.8 Å². The van der Waals surface area contributed by atoms with Crippen LogP contribution in [0.5, 0.6) is 0 Å². The maximum atomic E-state index is 13.3. The zero-order valence-electron chi connectivity index (χ0n) is 22.9. The van der Waals surface area contributed by atoms with Crippen LogP contribution in [0.15, 0.2) is 109 Å². The van der Waals surface area contributed by atoms with Gasteiger partial charge in [-0.2, -0.15) is 11.3 Å². The molecule has 0 saturated heterocycles. The molecule has 0 fully saturated rings. The van der Waals surface area contributed by atoms with Crippen LogP contribution in [0.3, 0.4) is 0 Å². The van der Waals surface area contributed by atoms with Crippen molar-refractivity contribution in [3.63, 3.8) is 0 Å². The van der Waals surface area contributed by atoms with Gasteiger partial charge in [0.1, 0.15) is 0 Å². The summed E-state index contributed by atoms with van der Waals surface area (Å²) >= 11 is 0. The quantitative estimate of drug-likeness (QED) is 0.132. The topological polar surface area (TPSA) is 39.9 Å². The standard InChI is InChI=1S/C18H9F2N2.C18H15N.Ir/c19-15-6-13(7-16(20)9-15)18-21-10-14-5-11-3-1-2-4-12(11)8-17(14)22-18;1-12-9-13(2)17-8-7-15(11-16(17)10-12)18-6-4-5-14(3)19-18;/h1-6,8-10H;4-6,8-11H,3H2,1-2H3;/q-1;-2;+3. The average Bonchev–Trinajstić information content (AvgIpc) is 2.95. The fraction of sp³-hybridized carbons (Fsp3) is 0.0556. The number of aryl methyl sites for hydroxylation is 2. The zero-order chi connectivity index (χ0) is 28.5. The third kappa shape index (κ3) is 6.20. The van der Waals surface area contributed by atoms with Gasteiger partial charge in [0.25, 0.3) is 0 Å². The molecule has 0 radical (unpaired) electrons. The second-order valence-electron chi connectivity index (χ2n) is 9.96. The Labute approximate surface area is 256 Å². The second kappa shape index (κ2) is 12.2. The molecule has 42 heavy (non-hydrogen) atoms. The summed E-state index contributed by atoms with van der Waals surface area (Å²) in [5.41, 5.74) is 6.22. The van der Waals surface area contributed by atoms with E-state index in [1.54, 1.807) is 6.20 Å². The molecule has 6 aromatic rings. The summed E-state index contributed by atoms with van der Waals surface area (Å²) in [6.07, 6.45) is 7.53. The number of allylic oxidation sites excluding steroid dienone is 3. The number of aromatic nitrogens is 2. The molecule has 1 aromatic heterocycles. The molecule has 6 heteroatoms. The molecule has 206 valence electrons. The smallest absolute Gasteiger partial charge is 0.702 e. The number of benzene rings is 5. The van der Waals surface area contributed by atoms with E-state index < -0.39 is 11.6 Å². The van der Waals surface area contributed by atoms with E-state index in [2.05, 4.69) is 72.1 Å². The van der Waals surface area contributed by atoms with E-state index in [4.69, 9.17) is 0 Å². The van der Waals surface area contributed by atoms with Crippen LogP contribution >= 0.6 is 0 Å². The molecule has 0 aliphatic carbocycles. The van der Waals surface area contributed by atoms with Gasteiger partial charge in [-0.3, -0.25) is 9.97 Å². The average molecular weight is 729 g/mol. The number of halogens is 2. The van der Waals surface area contributed by atoms with Gasteiger partial charge in [-0.1, -0.05) is 71.1 Å². The molecule has 0 spiro atoms. The Hall–Kier alpha value is -4.51. The molecule has 1 aliphatic rings. The van der Waals surface area contributed by atoms with Crippen molar-refractivity contribution in [2.75, 3.05) is 0 Å². The molecule has 0 saturated carbocycles. The van der Waals surface area contributed by atoms with Crippen LogP contribution in [0.2, 0.25) is 0 Å². The maximum absolute atomic E-state index is 13.3. The molecule has 5 aromatic carbocycles. The first kappa shape index (κ1) is 29.0. The van der Waals surface area contributed by atoms with Crippen LogP contribution in [-0.4, -0.2) is 9.97 Å². The van der Waals surface area contributed by atoms with Crippen molar-refractivity contribution in [3.05, 3.63) is 155 Å². The molecule has 0 atom stereocenters. The van der Waals surface area contributed by atoms with Crippen LogP contribution < -0.4 is 0 Å². The third-order valence-corrected chi connectivity index (χ3v) is 6.81. The number of rotatable bonds is 2. The third-order valence-electron chi connectivity index (χ3n) is 6.81. The van der Waals surface area contributed by atoms with Crippen molar-refractivity contribution in [1.82, 2.24) is 9.97 Å². The van der Waals surface area contributed by atoms with Gasteiger partial charge in [-0.05, 0) is 36.8 Å². The fourth-order valence-corrected chi connectivity index (χ4v) is 4.92. The Balaban J connectivity index is 0.000000166. The number of fused-ring (bicyclic) bond motifs is 3. The van der Waals surface area contributed by atoms with Gasteiger partial charge in [-0.15, -0.1) is 53.9 Å². The zero-order valence-corrected chi connectivity index (χ0v) is 25.3. The fourth-order valence-electron chi connectivity index (χ4n) is 4.92. The molecule has 2 heterocycles. The predicted octanol–water partition coefficient (Wildman–Crippen LogP) is 9.58. The Morgan fingerprint density at radius 1 is 0.857 bits per heavy atom. The van der Waals surface area contributed by atoms with Crippen molar-refractivity contribution >= 4 is 38.1 Å². The van der Waals surface area contributed by atoms with Gasteiger partial charge >= 0.3 is 20.1 Å². The summed E-state index contributed by atoms with van der Waals surface area (Å²) in [5, 5.41) is 9.96. The van der Waals surface area contributed by atoms with E-state index in [0.29, 0.717) is 0 Å². The van der Waals surface area contributed by atoms with Gasteiger partial charge in [0.2, 0.25) is 0 Å². The Kier molecular flexibility index (Phi) is 8.39. The Bertz CT molecular complexity index is 2030. The molecule has 7 rings (SSSR count). The van der Waals surface area contributed by atoms with Crippen molar-refractivity contribution < 1.29 is 28.9 Å². The van der Waals surface area contributed by atoms with E-state index in [9.17, 15) is 8.78 Å². The summed E-state index contributed by atoms with van der Waals surface area (Å²) in [7, 11) is 0. The van der Waals surface area contributed by atoms with Crippen LogP contribution in [0.1, 0.15) is 16.7 Å². The molecule has 0 unspecified atom stereocenters. The minimum atomic E-state index is -0.766. The van der Waals surface area contributed by atoms with E-state index in [-0.39, 0.29) is 31.5 Å². The van der Waals surface area contributed by atoms with Crippen LogP contribution in [0, 0.1) is 37.6 Å². The van der Waals surface area contributed by atoms with E-state index in [1.165, 1.54) is 28.0 Å². The van der Waals surface area contributed by atoms with Gasteiger partial charge in [0.15, 0.2) is 0 Å². The summed E-state index contributed by atoms with van der Waals surface area (Å²) in [5.74, 6) is -1.19. The Morgan fingerprint density at radius 2 is 1.64 bits per heavy atom. The monoisotopic (exact) mass is 729 g/mol. The van der Waals surface area contributed by atoms with Crippen LogP contribution in [-0.2, 0) is 20.1 Å². The summed E-state index contributed by atoms with van der Waals surface area (Å²) < 4.78 is 26.6. The first-order chi connectivity index (χ1) is 19.8. The number of hydrogen-bond donors (Lipinski definition) is 0. The van der Waals surface area contributed by atoms with E-state index >= 15 is 0 Å². The minimum absolute atomic E-state index is 0. The number of nitrogens with zero attached hydrogens (tertiary/aromatic N) is 3. The van der Waals surface area contributed by atoms with E-state index in [1.807, 2.05) is 54.6 Å². The molecule has 0 N–H and O–H groups in total. The first-order valence-corrected chi connectivity index (χ1v) is 13.1. The predicted molar refractivity (Wildman–Crippen MR) is 163 cm³/mol. The van der Waals surface area contributed by atoms with Crippen LogP contribution in [0.4, 0.5) is 8.78 Å². The van der Waals surface area contributed by atoms with Gasteiger partial charge in [0.05, 0.1) is 11.3 Å². The maximum Gasteiger partial charge on any atom is 3.00 e. The van der Waals surface area contributed by atoms with Gasteiger partial charge in [-0.25, -0.2) is 14.5 Å². The molecule has 1 aliphatic heterocycles. The first-order valence-electron chi connectivity index (χ1n) is 13.1. The SMILES string of the molecule is C=C1C=CC=C(c2[c-]cc3c(C)cc(C)cc3c2)[N-]1.Fc1[c-]c(-c2ncc3cc4ccccc4cc3n2)cc(F)c1.[Ir+3]. The summed E-state index contributed by atoms with van der Waals surface area (Å²) in [4.78, 5) is 8.59. The minimum Gasteiger partial charge on any atom is -0.702 e. The largest absolute Gasteiger partial charge is 3.00 e. The van der Waals surface area contributed by atoms with E-state index in [0.717, 1.165) is 44.7 Å². The molecule has 0 bridgehead atoms. The Morgan fingerprint density at radius 3 is 2.40 bits per heavy atom. The van der Waals surface area contributed by atoms with Crippen molar-refractivity contribution in [1.29, 1.82) is 0 Å². The molecule has 0 amide bonds.